The third-order valence-corrected chi connectivity index (χ3v) is 5.12. The Morgan fingerprint density at radius 2 is 1.44 bits per heavy atom. The molecular weight excluding hydrogens is 406 g/mol. The third kappa shape index (κ3) is 7.51. The molecule has 0 aliphatic rings. The molecule has 0 saturated heterocycles. The van der Waals surface area contributed by atoms with Gasteiger partial charge in [-0.3, -0.25) is 0 Å². The van der Waals surface area contributed by atoms with Crippen LogP contribution in [0.5, 0.6) is 23.0 Å². The number of aliphatic hydroxyl groups is 1. The Morgan fingerprint density at radius 1 is 0.812 bits per heavy atom. The highest BCUT2D eigenvalue weighted by atomic mass is 16.5. The van der Waals surface area contributed by atoms with Gasteiger partial charge in [0.15, 0.2) is 23.0 Å². The normalized spacial score (nSPS) is 11.0. The van der Waals surface area contributed by atoms with Gasteiger partial charge >= 0.3 is 0 Å². The topological polar surface area (TPSA) is 80.9 Å². The van der Waals surface area contributed by atoms with E-state index >= 15 is 0 Å². The molecule has 0 atom stereocenters. The fraction of sp³-hybridized carbons (Fsp3) is 0.423. The summed E-state index contributed by atoms with van der Waals surface area (Å²) in [6.07, 6.45) is 8.14. The SMILES string of the molecule is COc1ccc(/C(C#N)=C/c2ccc(OCCCCCCCCO)c(OC)c2)cc1OC. The van der Waals surface area contributed by atoms with Crippen LogP contribution in [-0.4, -0.2) is 39.6 Å². The second-order valence-electron chi connectivity index (χ2n) is 7.34. The van der Waals surface area contributed by atoms with E-state index in [2.05, 4.69) is 6.07 Å². The van der Waals surface area contributed by atoms with Crippen molar-refractivity contribution >= 4 is 11.6 Å². The largest absolute Gasteiger partial charge is 0.493 e. The van der Waals surface area contributed by atoms with Gasteiger partial charge in [0.25, 0.3) is 0 Å². The molecule has 0 saturated carbocycles. The summed E-state index contributed by atoms with van der Waals surface area (Å²) in [6, 6.07) is 13.3. The molecule has 0 fully saturated rings. The van der Waals surface area contributed by atoms with Crippen LogP contribution in [0.3, 0.4) is 0 Å². The number of aliphatic hydroxyl groups excluding tert-OH is 1. The minimum absolute atomic E-state index is 0.276. The first-order valence-electron chi connectivity index (χ1n) is 10.9. The van der Waals surface area contributed by atoms with E-state index in [4.69, 9.17) is 24.1 Å². The number of hydrogen-bond acceptors (Lipinski definition) is 6. The van der Waals surface area contributed by atoms with E-state index < -0.39 is 0 Å². The molecule has 0 amide bonds. The number of nitriles is 1. The van der Waals surface area contributed by atoms with Crippen molar-refractivity contribution in [3.05, 3.63) is 47.5 Å². The highest BCUT2D eigenvalue weighted by Crippen LogP contribution is 2.33. The van der Waals surface area contributed by atoms with Crippen molar-refractivity contribution < 1.29 is 24.1 Å². The van der Waals surface area contributed by atoms with E-state index in [0.717, 1.165) is 49.7 Å². The second-order valence-corrected chi connectivity index (χ2v) is 7.34. The lowest BCUT2D eigenvalue weighted by Crippen LogP contribution is -1.99. The summed E-state index contributed by atoms with van der Waals surface area (Å²) in [5.74, 6) is 2.50. The molecule has 2 aromatic rings. The first kappa shape index (κ1) is 25.1. The lowest BCUT2D eigenvalue weighted by Gasteiger charge is -2.12. The maximum atomic E-state index is 9.69. The smallest absolute Gasteiger partial charge is 0.161 e. The van der Waals surface area contributed by atoms with Crippen molar-refractivity contribution in [2.45, 2.75) is 38.5 Å². The molecular formula is C26H33NO5. The quantitative estimate of drug-likeness (QED) is 0.238. The predicted octanol–water partition coefficient (Wildman–Crippen LogP) is 5.49. The van der Waals surface area contributed by atoms with E-state index in [1.807, 2.05) is 24.3 Å². The van der Waals surface area contributed by atoms with Crippen LogP contribution in [-0.2, 0) is 0 Å². The van der Waals surface area contributed by atoms with Crippen LogP contribution in [0.1, 0.15) is 49.7 Å². The highest BCUT2D eigenvalue weighted by Gasteiger charge is 2.10. The fourth-order valence-electron chi connectivity index (χ4n) is 3.35. The third-order valence-electron chi connectivity index (χ3n) is 5.12. The standard InChI is InChI=1S/C26H33NO5/c1-29-23-13-11-21(18-26(23)31-3)22(19-27)16-20-10-12-24(25(17-20)30-2)32-15-9-7-5-4-6-8-14-28/h10-13,16-18,28H,4-9,14-15H2,1-3H3/b22-16+. The van der Waals surface area contributed by atoms with E-state index in [9.17, 15) is 5.26 Å². The summed E-state index contributed by atoms with van der Waals surface area (Å²) < 4.78 is 22.0. The lowest BCUT2D eigenvalue weighted by molar-refractivity contribution is 0.277. The number of nitrogens with zero attached hydrogens (tertiary/aromatic N) is 1. The van der Waals surface area contributed by atoms with Crippen molar-refractivity contribution in [1.29, 1.82) is 5.26 Å². The number of hydrogen-bond donors (Lipinski definition) is 1. The lowest BCUT2D eigenvalue weighted by atomic mass is 10.0. The van der Waals surface area contributed by atoms with Gasteiger partial charge < -0.3 is 24.1 Å². The molecule has 0 aliphatic heterocycles. The van der Waals surface area contributed by atoms with Crippen LogP contribution in [0, 0.1) is 11.3 Å². The predicted molar refractivity (Wildman–Crippen MR) is 126 cm³/mol. The summed E-state index contributed by atoms with van der Waals surface area (Å²) in [5.41, 5.74) is 2.08. The maximum Gasteiger partial charge on any atom is 0.161 e. The molecule has 1 N–H and O–H groups in total. The minimum Gasteiger partial charge on any atom is -0.493 e. The van der Waals surface area contributed by atoms with Crippen LogP contribution >= 0.6 is 0 Å². The second kappa shape index (κ2) is 14.0. The molecule has 0 aromatic heterocycles. The Kier molecular flexibility index (Phi) is 11.0. The Hall–Kier alpha value is -3.17. The van der Waals surface area contributed by atoms with Gasteiger partial charge in [-0.25, -0.2) is 0 Å². The van der Waals surface area contributed by atoms with Crippen LogP contribution in [0.4, 0.5) is 0 Å². The van der Waals surface area contributed by atoms with Crippen LogP contribution < -0.4 is 18.9 Å². The molecule has 0 radical (unpaired) electrons. The molecule has 2 rings (SSSR count). The fourth-order valence-corrected chi connectivity index (χ4v) is 3.35. The molecule has 172 valence electrons. The molecule has 0 heterocycles. The molecule has 0 unspecified atom stereocenters. The Labute approximate surface area is 191 Å². The molecule has 0 bridgehead atoms. The first-order chi connectivity index (χ1) is 15.7. The van der Waals surface area contributed by atoms with Crippen molar-refractivity contribution in [1.82, 2.24) is 0 Å². The van der Waals surface area contributed by atoms with E-state index in [-0.39, 0.29) is 6.61 Å². The van der Waals surface area contributed by atoms with Crippen LogP contribution in [0.25, 0.3) is 11.6 Å². The van der Waals surface area contributed by atoms with E-state index in [1.165, 1.54) is 0 Å². The first-order valence-corrected chi connectivity index (χ1v) is 10.9. The van der Waals surface area contributed by atoms with Gasteiger partial charge in [0.2, 0.25) is 0 Å². The van der Waals surface area contributed by atoms with E-state index in [0.29, 0.717) is 35.2 Å². The van der Waals surface area contributed by atoms with Crippen molar-refractivity contribution in [2.24, 2.45) is 0 Å². The zero-order valence-corrected chi connectivity index (χ0v) is 19.2. The number of rotatable bonds is 14. The van der Waals surface area contributed by atoms with Gasteiger partial charge in [-0.1, -0.05) is 31.7 Å². The van der Waals surface area contributed by atoms with Gasteiger partial charge in [-0.05, 0) is 60.4 Å². The van der Waals surface area contributed by atoms with Gasteiger partial charge in [0.1, 0.15) is 0 Å². The van der Waals surface area contributed by atoms with Gasteiger partial charge in [0, 0.05) is 6.61 Å². The molecule has 0 aliphatic carbocycles. The maximum absolute atomic E-state index is 9.69. The zero-order chi connectivity index (χ0) is 23.2. The van der Waals surface area contributed by atoms with Crippen molar-refractivity contribution in [2.75, 3.05) is 34.5 Å². The monoisotopic (exact) mass is 439 g/mol. The van der Waals surface area contributed by atoms with Crippen molar-refractivity contribution in [3.63, 3.8) is 0 Å². The summed E-state index contributed by atoms with van der Waals surface area (Å²) in [7, 11) is 4.75. The van der Waals surface area contributed by atoms with Gasteiger partial charge in [-0.15, -0.1) is 0 Å². The number of unbranched alkanes of at least 4 members (excludes halogenated alkanes) is 5. The Morgan fingerprint density at radius 3 is 2.09 bits per heavy atom. The number of allylic oxidation sites excluding steroid dienone is 1. The van der Waals surface area contributed by atoms with Gasteiger partial charge in [0.05, 0.1) is 39.6 Å². The molecule has 6 heteroatoms. The van der Waals surface area contributed by atoms with E-state index in [1.54, 1.807) is 39.5 Å². The molecule has 32 heavy (non-hydrogen) atoms. The average molecular weight is 440 g/mol. The highest BCUT2D eigenvalue weighted by molar-refractivity contribution is 5.90. The summed E-state index contributed by atoms with van der Waals surface area (Å²) in [5, 5.41) is 18.5. The summed E-state index contributed by atoms with van der Waals surface area (Å²) in [4.78, 5) is 0. The summed E-state index contributed by atoms with van der Waals surface area (Å²) in [6.45, 7) is 0.902. The Bertz CT molecular complexity index is 917. The molecule has 2 aromatic carbocycles. The number of benzene rings is 2. The average Bonchev–Trinajstić information content (AvgIpc) is 2.84. The number of ether oxygens (including phenoxy) is 4. The van der Waals surface area contributed by atoms with Gasteiger partial charge in [-0.2, -0.15) is 5.26 Å². The Balaban J connectivity index is 2.04. The van der Waals surface area contributed by atoms with Crippen LogP contribution in [0.2, 0.25) is 0 Å². The van der Waals surface area contributed by atoms with Crippen molar-refractivity contribution in [3.8, 4) is 29.1 Å². The summed E-state index contributed by atoms with van der Waals surface area (Å²) >= 11 is 0. The molecule has 6 nitrogen and oxygen atoms in total. The zero-order valence-electron chi connectivity index (χ0n) is 19.2. The van der Waals surface area contributed by atoms with Crippen LogP contribution in [0.15, 0.2) is 36.4 Å². The minimum atomic E-state index is 0.276. The molecule has 0 spiro atoms. The number of methoxy groups -OCH3 is 3.